The van der Waals surface area contributed by atoms with Crippen molar-refractivity contribution in [2.45, 2.75) is 50.6 Å². The standard InChI is InChI=1S/C33H36F3N3O5S/c1-5-6-10-26(33(34,35)36)19-37-31(40)23-14-15-28-27(17-23)25(20-39(28)3)16-22-12-13-24(18-29(22)44-4)32(41)38-45(42,43)30-11-8-7-9-21(30)2/h7-9,11-15,17-18,20,26H,5-6,10,16,19H2,1-4H3,(H,37,40)(H,38,41)/t26-/m1/s1. The summed E-state index contributed by atoms with van der Waals surface area (Å²) in [7, 11) is -0.826. The molecule has 0 aliphatic carbocycles. The molecule has 12 heteroatoms. The van der Waals surface area contributed by atoms with Gasteiger partial charge in [0.25, 0.3) is 21.8 Å². The lowest BCUT2D eigenvalue weighted by Gasteiger charge is -2.20. The second-order valence-corrected chi connectivity index (χ2v) is 12.6. The second-order valence-electron chi connectivity index (χ2n) is 11.0. The number of halogens is 3. The molecule has 0 fully saturated rings. The van der Waals surface area contributed by atoms with E-state index in [0.717, 1.165) is 16.5 Å². The normalized spacial score (nSPS) is 12.6. The van der Waals surface area contributed by atoms with Crippen LogP contribution in [0.4, 0.5) is 13.2 Å². The predicted molar refractivity (Wildman–Crippen MR) is 166 cm³/mol. The zero-order valence-corrected chi connectivity index (χ0v) is 26.3. The number of ether oxygens (including phenoxy) is 1. The molecule has 45 heavy (non-hydrogen) atoms. The lowest BCUT2D eigenvalue weighted by molar-refractivity contribution is -0.174. The van der Waals surface area contributed by atoms with Crippen LogP contribution in [0.25, 0.3) is 10.9 Å². The van der Waals surface area contributed by atoms with Gasteiger partial charge in [-0.3, -0.25) is 9.59 Å². The van der Waals surface area contributed by atoms with Crippen molar-refractivity contribution >= 4 is 32.7 Å². The van der Waals surface area contributed by atoms with E-state index in [1.54, 1.807) is 49.4 Å². The molecule has 240 valence electrons. The molecule has 4 aromatic rings. The van der Waals surface area contributed by atoms with Gasteiger partial charge in [-0.05, 0) is 66.4 Å². The van der Waals surface area contributed by atoms with E-state index in [1.807, 2.05) is 24.7 Å². The van der Waals surface area contributed by atoms with Crippen molar-refractivity contribution in [3.05, 3.63) is 94.7 Å². The van der Waals surface area contributed by atoms with E-state index < -0.39 is 40.5 Å². The van der Waals surface area contributed by atoms with Gasteiger partial charge in [0.1, 0.15) is 5.75 Å². The predicted octanol–water partition coefficient (Wildman–Crippen LogP) is 6.30. The Bertz CT molecular complexity index is 1820. The van der Waals surface area contributed by atoms with Crippen LogP contribution in [0.15, 0.2) is 71.8 Å². The lowest BCUT2D eigenvalue weighted by Crippen LogP contribution is -2.36. The van der Waals surface area contributed by atoms with Gasteiger partial charge < -0.3 is 14.6 Å². The van der Waals surface area contributed by atoms with Gasteiger partial charge in [0.15, 0.2) is 0 Å². The van der Waals surface area contributed by atoms with Crippen LogP contribution in [-0.2, 0) is 23.5 Å². The number of rotatable bonds is 12. The Hall–Kier alpha value is -4.32. The SMILES string of the molecule is CCCC[C@H](CNC(=O)c1ccc2c(c1)c(Cc1ccc(C(=O)NS(=O)(=O)c3ccccc3C)cc1OC)cn2C)C(F)(F)F. The van der Waals surface area contributed by atoms with E-state index in [1.165, 1.54) is 25.3 Å². The molecule has 0 spiro atoms. The molecule has 0 aliphatic rings. The average molecular weight is 644 g/mol. The number of sulfonamides is 1. The lowest BCUT2D eigenvalue weighted by atomic mass is 10.00. The Morgan fingerprint density at radius 2 is 1.67 bits per heavy atom. The van der Waals surface area contributed by atoms with Gasteiger partial charge in [0.2, 0.25) is 0 Å². The molecule has 4 rings (SSSR count). The first-order valence-corrected chi connectivity index (χ1v) is 16.0. The molecule has 1 aromatic heterocycles. The second kappa shape index (κ2) is 13.8. The Kier molecular flexibility index (Phi) is 10.3. The van der Waals surface area contributed by atoms with Crippen LogP contribution < -0.4 is 14.8 Å². The summed E-state index contributed by atoms with van der Waals surface area (Å²) in [5, 5.41) is 3.19. The minimum Gasteiger partial charge on any atom is -0.496 e. The third-order valence-corrected chi connectivity index (χ3v) is 9.24. The summed E-state index contributed by atoms with van der Waals surface area (Å²) in [4.78, 5) is 25.8. The molecule has 0 aliphatic heterocycles. The number of nitrogens with one attached hydrogen (secondary N) is 2. The summed E-state index contributed by atoms with van der Waals surface area (Å²) in [6, 6.07) is 15.9. The minimum absolute atomic E-state index is 0.00241. The maximum absolute atomic E-state index is 13.4. The highest BCUT2D eigenvalue weighted by Gasteiger charge is 2.39. The van der Waals surface area contributed by atoms with Crippen LogP contribution >= 0.6 is 0 Å². The molecule has 3 aromatic carbocycles. The number of alkyl halides is 3. The number of fused-ring (bicyclic) bond motifs is 1. The van der Waals surface area contributed by atoms with Gasteiger partial charge in [-0.15, -0.1) is 0 Å². The molecule has 0 radical (unpaired) electrons. The Morgan fingerprint density at radius 1 is 0.978 bits per heavy atom. The Morgan fingerprint density at radius 3 is 2.33 bits per heavy atom. The highest BCUT2D eigenvalue weighted by atomic mass is 32.2. The molecular weight excluding hydrogens is 607 g/mol. The molecule has 0 saturated heterocycles. The summed E-state index contributed by atoms with van der Waals surface area (Å²) in [5.41, 5.74) is 3.15. The van der Waals surface area contributed by atoms with Crippen LogP contribution in [0.5, 0.6) is 5.75 Å². The number of aromatic nitrogens is 1. The fourth-order valence-electron chi connectivity index (χ4n) is 5.24. The van der Waals surface area contributed by atoms with Gasteiger partial charge in [0, 0.05) is 48.2 Å². The maximum Gasteiger partial charge on any atom is 0.393 e. The van der Waals surface area contributed by atoms with Crippen LogP contribution in [0, 0.1) is 12.8 Å². The first-order valence-electron chi connectivity index (χ1n) is 14.5. The molecule has 8 nitrogen and oxygen atoms in total. The third-order valence-electron chi connectivity index (χ3n) is 7.75. The molecule has 2 amide bonds. The van der Waals surface area contributed by atoms with E-state index >= 15 is 0 Å². The third kappa shape index (κ3) is 7.86. The average Bonchev–Trinajstić information content (AvgIpc) is 3.30. The Labute approximate surface area is 260 Å². The molecule has 0 saturated carbocycles. The number of amides is 2. The van der Waals surface area contributed by atoms with Gasteiger partial charge in [0.05, 0.1) is 17.9 Å². The van der Waals surface area contributed by atoms with Gasteiger partial charge in [-0.25, -0.2) is 13.1 Å². The van der Waals surface area contributed by atoms with Crippen molar-refractivity contribution in [3.63, 3.8) is 0 Å². The summed E-state index contributed by atoms with van der Waals surface area (Å²) < 4.78 is 75.5. The van der Waals surface area contributed by atoms with Crippen LogP contribution in [-0.4, -0.2) is 44.6 Å². The summed E-state index contributed by atoms with van der Waals surface area (Å²) in [5.74, 6) is -2.66. The van der Waals surface area contributed by atoms with E-state index in [4.69, 9.17) is 4.74 Å². The monoisotopic (exact) mass is 643 g/mol. The van der Waals surface area contributed by atoms with Crippen LogP contribution in [0.1, 0.15) is 63.6 Å². The van der Waals surface area contributed by atoms with Crippen molar-refractivity contribution in [2.24, 2.45) is 13.0 Å². The van der Waals surface area contributed by atoms with Gasteiger partial charge in [-0.2, -0.15) is 13.2 Å². The van der Waals surface area contributed by atoms with Crippen LogP contribution in [0.2, 0.25) is 0 Å². The number of methoxy groups -OCH3 is 1. The number of nitrogens with zero attached hydrogens (tertiary/aromatic N) is 1. The molecule has 1 atom stereocenters. The van der Waals surface area contributed by atoms with Gasteiger partial charge >= 0.3 is 6.18 Å². The van der Waals surface area contributed by atoms with Crippen molar-refractivity contribution in [2.75, 3.05) is 13.7 Å². The fraction of sp³-hybridized carbons (Fsp3) is 0.333. The number of carbonyl (C=O) groups is 2. The number of hydrogen-bond acceptors (Lipinski definition) is 5. The zero-order valence-electron chi connectivity index (χ0n) is 25.5. The number of unbranched alkanes of at least 4 members (excludes halogenated alkanes) is 1. The van der Waals surface area contributed by atoms with Crippen molar-refractivity contribution < 1.29 is 35.9 Å². The number of benzene rings is 3. The molecule has 2 N–H and O–H groups in total. The topological polar surface area (TPSA) is 106 Å². The first-order chi connectivity index (χ1) is 21.2. The number of carbonyl (C=O) groups excluding carboxylic acids is 2. The Balaban J connectivity index is 1.55. The van der Waals surface area contributed by atoms with E-state index in [2.05, 4.69) is 10.0 Å². The highest BCUT2D eigenvalue weighted by molar-refractivity contribution is 7.90. The maximum atomic E-state index is 13.4. The molecule has 1 heterocycles. The van der Waals surface area contributed by atoms with Crippen molar-refractivity contribution in [1.29, 1.82) is 0 Å². The highest BCUT2D eigenvalue weighted by Crippen LogP contribution is 2.31. The molecule has 0 unspecified atom stereocenters. The number of aryl methyl sites for hydroxylation is 2. The first kappa shape index (κ1) is 33.6. The largest absolute Gasteiger partial charge is 0.496 e. The smallest absolute Gasteiger partial charge is 0.393 e. The summed E-state index contributed by atoms with van der Waals surface area (Å²) >= 11 is 0. The van der Waals surface area contributed by atoms with E-state index in [9.17, 15) is 31.2 Å². The minimum atomic E-state index is -4.40. The van der Waals surface area contributed by atoms with E-state index in [0.29, 0.717) is 36.1 Å². The fourth-order valence-corrected chi connectivity index (χ4v) is 6.46. The molecular formula is C33H36F3N3O5S. The van der Waals surface area contributed by atoms with Crippen LogP contribution in [0.3, 0.4) is 0 Å². The summed E-state index contributed by atoms with van der Waals surface area (Å²) in [6.07, 6.45) is -1.18. The number of hydrogen-bond donors (Lipinski definition) is 2. The quantitative estimate of drug-likeness (QED) is 0.188. The van der Waals surface area contributed by atoms with Crippen molar-refractivity contribution in [1.82, 2.24) is 14.6 Å². The van der Waals surface area contributed by atoms with E-state index in [-0.39, 0.29) is 22.4 Å². The summed E-state index contributed by atoms with van der Waals surface area (Å²) in [6.45, 7) is 2.96. The molecule has 0 bridgehead atoms. The van der Waals surface area contributed by atoms with Crippen molar-refractivity contribution in [3.8, 4) is 5.75 Å². The van der Waals surface area contributed by atoms with Gasteiger partial charge in [-0.1, -0.05) is 44.0 Å². The zero-order chi connectivity index (χ0) is 32.9.